The highest BCUT2D eigenvalue weighted by Crippen LogP contribution is 2.36. The monoisotopic (exact) mass is 263 g/mol. The number of benzene rings is 1. The second-order valence-electron chi connectivity index (χ2n) is 4.27. The van der Waals surface area contributed by atoms with Gasteiger partial charge >= 0.3 is 12.3 Å². The van der Waals surface area contributed by atoms with Gasteiger partial charge in [-0.2, -0.15) is 8.78 Å². The highest BCUT2D eigenvalue weighted by molar-refractivity contribution is 5.40. The zero-order valence-electron chi connectivity index (χ0n) is 9.51. The lowest BCUT2D eigenvalue weighted by molar-refractivity contribution is -0.144. The van der Waals surface area contributed by atoms with Gasteiger partial charge in [0.15, 0.2) is 0 Å². The van der Waals surface area contributed by atoms with Crippen molar-refractivity contribution in [3.8, 4) is 5.75 Å². The summed E-state index contributed by atoms with van der Waals surface area (Å²) in [5.74, 6) is -3.62. The van der Waals surface area contributed by atoms with Crippen molar-refractivity contribution in [3.05, 3.63) is 29.3 Å². The molecular formula is C12H13F4NO. The van der Waals surface area contributed by atoms with E-state index in [1.54, 1.807) is 0 Å². The Kier molecular flexibility index (Phi) is 3.47. The molecule has 2 rings (SSSR count). The van der Waals surface area contributed by atoms with Crippen LogP contribution in [0.25, 0.3) is 0 Å². The molecule has 1 unspecified atom stereocenters. The Hall–Kier alpha value is -1.30. The van der Waals surface area contributed by atoms with E-state index in [0.29, 0.717) is 18.8 Å². The van der Waals surface area contributed by atoms with Crippen LogP contribution in [0.3, 0.4) is 0 Å². The van der Waals surface area contributed by atoms with Gasteiger partial charge in [-0.1, -0.05) is 12.1 Å². The van der Waals surface area contributed by atoms with Crippen LogP contribution in [0.1, 0.15) is 23.6 Å². The summed E-state index contributed by atoms with van der Waals surface area (Å²) in [6.45, 7) is 0.575. The summed E-state index contributed by atoms with van der Waals surface area (Å²) in [6, 6.07) is 2.23. The topological polar surface area (TPSA) is 35.2 Å². The Morgan fingerprint density at radius 2 is 2.00 bits per heavy atom. The Labute approximate surface area is 102 Å². The van der Waals surface area contributed by atoms with Gasteiger partial charge in [-0.3, -0.25) is 0 Å². The number of aryl methyl sites for hydroxylation is 1. The molecule has 0 saturated carbocycles. The Morgan fingerprint density at radius 1 is 1.28 bits per heavy atom. The van der Waals surface area contributed by atoms with Crippen molar-refractivity contribution < 1.29 is 22.3 Å². The maximum atomic E-state index is 13.2. The van der Waals surface area contributed by atoms with Crippen molar-refractivity contribution in [2.45, 2.75) is 31.2 Å². The average molecular weight is 263 g/mol. The highest BCUT2D eigenvalue weighted by atomic mass is 19.3. The van der Waals surface area contributed by atoms with Gasteiger partial charge in [0.05, 0.1) is 6.61 Å². The fourth-order valence-corrected chi connectivity index (χ4v) is 1.93. The molecule has 18 heavy (non-hydrogen) atoms. The third kappa shape index (κ3) is 2.29. The van der Waals surface area contributed by atoms with E-state index in [9.17, 15) is 17.6 Å². The van der Waals surface area contributed by atoms with Crippen LogP contribution in [0.4, 0.5) is 17.6 Å². The second kappa shape index (κ2) is 4.76. The molecule has 2 nitrogen and oxygen atoms in total. The first kappa shape index (κ1) is 13.1. The largest absolute Gasteiger partial charge is 0.493 e. The van der Waals surface area contributed by atoms with Gasteiger partial charge in [0.2, 0.25) is 0 Å². The molecular weight excluding hydrogens is 250 g/mol. The number of halogens is 4. The number of rotatable bonds is 3. The van der Waals surface area contributed by atoms with Crippen LogP contribution in [-0.4, -0.2) is 19.0 Å². The van der Waals surface area contributed by atoms with E-state index < -0.39 is 18.4 Å². The van der Waals surface area contributed by atoms with Gasteiger partial charge < -0.3 is 10.5 Å². The predicted octanol–water partition coefficient (Wildman–Crippen LogP) is 2.91. The number of hydrogen-bond acceptors (Lipinski definition) is 2. The Bertz CT molecular complexity index is 436. The number of ether oxygens (including phenoxy) is 1. The van der Waals surface area contributed by atoms with Gasteiger partial charge in [-0.05, 0) is 30.0 Å². The quantitative estimate of drug-likeness (QED) is 0.851. The first-order chi connectivity index (χ1) is 8.43. The SMILES string of the molecule is NC(c1ccc2c(c1)CCCO2)C(F)(F)C(F)F. The third-order valence-corrected chi connectivity index (χ3v) is 3.00. The lowest BCUT2D eigenvalue weighted by atomic mass is 9.96. The molecule has 1 aliphatic heterocycles. The Balaban J connectivity index is 2.28. The van der Waals surface area contributed by atoms with E-state index >= 15 is 0 Å². The molecule has 1 heterocycles. The molecule has 0 aromatic heterocycles. The summed E-state index contributed by atoms with van der Waals surface area (Å²) in [7, 11) is 0. The van der Waals surface area contributed by atoms with E-state index in [4.69, 9.17) is 10.5 Å². The molecule has 2 N–H and O–H groups in total. The fourth-order valence-electron chi connectivity index (χ4n) is 1.93. The lowest BCUT2D eigenvalue weighted by Crippen LogP contribution is -2.39. The number of fused-ring (bicyclic) bond motifs is 1. The normalized spacial score (nSPS) is 17.2. The summed E-state index contributed by atoms with van der Waals surface area (Å²) in [5.41, 5.74) is 5.98. The molecule has 1 aliphatic rings. The maximum Gasteiger partial charge on any atom is 0.326 e. The summed E-state index contributed by atoms with van der Waals surface area (Å²) in [6.07, 6.45) is -2.33. The standard InChI is InChI=1S/C12H13F4NO/c13-11(14)12(15,16)10(17)8-3-4-9-7(6-8)2-1-5-18-9/h3-4,6,10-11H,1-2,5,17H2. The van der Waals surface area contributed by atoms with Gasteiger partial charge in [-0.15, -0.1) is 0 Å². The van der Waals surface area contributed by atoms with E-state index in [1.807, 2.05) is 0 Å². The molecule has 0 aliphatic carbocycles. The van der Waals surface area contributed by atoms with Crippen molar-refractivity contribution >= 4 is 0 Å². The van der Waals surface area contributed by atoms with Gasteiger partial charge in [-0.25, -0.2) is 8.78 Å². The summed E-state index contributed by atoms with van der Waals surface area (Å²) >= 11 is 0. The van der Waals surface area contributed by atoms with Gasteiger partial charge in [0.1, 0.15) is 11.8 Å². The molecule has 100 valence electrons. The molecule has 0 saturated heterocycles. The van der Waals surface area contributed by atoms with E-state index in [0.717, 1.165) is 12.0 Å². The molecule has 0 spiro atoms. The van der Waals surface area contributed by atoms with Crippen LogP contribution < -0.4 is 10.5 Å². The third-order valence-electron chi connectivity index (χ3n) is 3.00. The zero-order chi connectivity index (χ0) is 13.3. The minimum absolute atomic E-state index is 0.00421. The number of alkyl halides is 4. The highest BCUT2D eigenvalue weighted by Gasteiger charge is 2.47. The number of hydrogen-bond donors (Lipinski definition) is 1. The summed E-state index contributed by atoms with van der Waals surface area (Å²) in [5, 5.41) is 0. The minimum atomic E-state index is -4.23. The van der Waals surface area contributed by atoms with E-state index in [-0.39, 0.29) is 5.56 Å². The van der Waals surface area contributed by atoms with Crippen LogP contribution in [0.5, 0.6) is 5.75 Å². The van der Waals surface area contributed by atoms with Crippen molar-refractivity contribution in [1.82, 2.24) is 0 Å². The van der Waals surface area contributed by atoms with Crippen LogP contribution in [0.2, 0.25) is 0 Å². The molecule has 6 heteroatoms. The summed E-state index contributed by atoms with van der Waals surface area (Å²) < 4.78 is 56.1. The predicted molar refractivity (Wildman–Crippen MR) is 58.1 cm³/mol. The van der Waals surface area contributed by atoms with Crippen molar-refractivity contribution in [3.63, 3.8) is 0 Å². The zero-order valence-corrected chi connectivity index (χ0v) is 9.51. The van der Waals surface area contributed by atoms with Gasteiger partial charge in [0, 0.05) is 0 Å². The summed E-state index contributed by atoms with van der Waals surface area (Å²) in [4.78, 5) is 0. The lowest BCUT2D eigenvalue weighted by Gasteiger charge is -2.25. The van der Waals surface area contributed by atoms with E-state index in [2.05, 4.69) is 0 Å². The van der Waals surface area contributed by atoms with Crippen molar-refractivity contribution in [2.24, 2.45) is 5.73 Å². The molecule has 0 radical (unpaired) electrons. The first-order valence-electron chi connectivity index (χ1n) is 5.60. The minimum Gasteiger partial charge on any atom is -0.493 e. The number of nitrogens with two attached hydrogens (primary N) is 1. The smallest absolute Gasteiger partial charge is 0.326 e. The fraction of sp³-hybridized carbons (Fsp3) is 0.500. The molecule has 1 aromatic rings. The van der Waals surface area contributed by atoms with Crippen molar-refractivity contribution in [1.29, 1.82) is 0 Å². The second-order valence-corrected chi connectivity index (χ2v) is 4.27. The maximum absolute atomic E-state index is 13.2. The van der Waals surface area contributed by atoms with Crippen LogP contribution in [-0.2, 0) is 6.42 Å². The van der Waals surface area contributed by atoms with Gasteiger partial charge in [0.25, 0.3) is 0 Å². The van der Waals surface area contributed by atoms with E-state index in [1.165, 1.54) is 18.2 Å². The molecule has 0 fully saturated rings. The molecule has 1 atom stereocenters. The molecule has 1 aromatic carbocycles. The van der Waals surface area contributed by atoms with Crippen LogP contribution >= 0.6 is 0 Å². The average Bonchev–Trinajstić information content (AvgIpc) is 2.37. The van der Waals surface area contributed by atoms with Crippen LogP contribution in [0.15, 0.2) is 18.2 Å². The molecule has 0 amide bonds. The van der Waals surface area contributed by atoms with Crippen LogP contribution in [0, 0.1) is 0 Å². The van der Waals surface area contributed by atoms with Crippen molar-refractivity contribution in [2.75, 3.05) is 6.61 Å². The molecule has 0 bridgehead atoms. The first-order valence-corrected chi connectivity index (χ1v) is 5.60. The Morgan fingerprint density at radius 3 is 2.67 bits per heavy atom.